The van der Waals surface area contributed by atoms with E-state index in [0.717, 1.165) is 32.5 Å². The zero-order valence-corrected chi connectivity index (χ0v) is 21.0. The van der Waals surface area contributed by atoms with Crippen LogP contribution < -0.4 is 10.6 Å². The lowest BCUT2D eigenvalue weighted by Crippen LogP contribution is -2.43. The number of phenolic OH excluding ortho intramolecular Hbond substituents is 2. The van der Waals surface area contributed by atoms with Gasteiger partial charge < -0.3 is 25.7 Å². The van der Waals surface area contributed by atoms with Crippen molar-refractivity contribution in [3.8, 4) is 11.5 Å². The van der Waals surface area contributed by atoms with Gasteiger partial charge in [-0.3, -0.25) is 14.5 Å². The van der Waals surface area contributed by atoms with Crippen LogP contribution in [0.1, 0.15) is 51.1 Å². The first-order valence-electron chi connectivity index (χ1n) is 12.1. The molecule has 0 aromatic heterocycles. The van der Waals surface area contributed by atoms with E-state index in [1.165, 1.54) is 18.6 Å². The fraction of sp³-hybridized carbons (Fsp3) is 0.462. The van der Waals surface area contributed by atoms with Crippen LogP contribution in [0.15, 0.2) is 24.3 Å². The average Bonchev–Trinajstić information content (AvgIpc) is 2.84. The van der Waals surface area contributed by atoms with Crippen LogP contribution in [0, 0.1) is 0 Å². The standard InChI is InChI=1S/C26H33ClN4O4/c1-30(2)13-10-28-17-6-7-18(29-11-14-31-12-4-3-5-16(31)15-27)22-21(17)25(34)23-19(32)8-9-20(33)24(23)26(22)35/h6-9,16,28-29,32-33H,3-5,10-15H2,1-2H3. The maximum atomic E-state index is 13.6. The quantitative estimate of drug-likeness (QED) is 0.262. The fourth-order valence-electron chi connectivity index (χ4n) is 4.94. The molecule has 1 unspecified atom stereocenters. The Hall–Kier alpha value is -2.81. The maximum Gasteiger partial charge on any atom is 0.200 e. The predicted molar refractivity (Wildman–Crippen MR) is 139 cm³/mol. The molecule has 35 heavy (non-hydrogen) atoms. The summed E-state index contributed by atoms with van der Waals surface area (Å²) in [7, 11) is 3.90. The van der Waals surface area contributed by atoms with Crippen molar-refractivity contribution in [2.45, 2.75) is 25.3 Å². The number of hydrogen-bond donors (Lipinski definition) is 4. The van der Waals surface area contributed by atoms with Crippen molar-refractivity contribution in [1.29, 1.82) is 0 Å². The van der Waals surface area contributed by atoms with Crippen molar-refractivity contribution in [1.82, 2.24) is 9.80 Å². The number of anilines is 2. The number of piperidine rings is 1. The summed E-state index contributed by atoms with van der Waals surface area (Å²) in [5.41, 5.74) is 1.17. The Morgan fingerprint density at radius 3 is 2.03 bits per heavy atom. The molecule has 2 aromatic carbocycles. The normalized spacial score (nSPS) is 17.9. The van der Waals surface area contributed by atoms with Gasteiger partial charge in [0.1, 0.15) is 11.5 Å². The SMILES string of the molecule is CN(C)CCNc1ccc(NCCN2CCCCC2CCl)c2c1C(=O)c1c(O)ccc(O)c1C2=O. The number of halogens is 1. The lowest BCUT2D eigenvalue weighted by Gasteiger charge is -2.34. The highest BCUT2D eigenvalue weighted by molar-refractivity contribution is 6.33. The number of carbonyl (C=O) groups excluding carboxylic acids is 2. The molecule has 1 aliphatic carbocycles. The number of hydrogen-bond acceptors (Lipinski definition) is 8. The van der Waals surface area contributed by atoms with Gasteiger partial charge in [-0.05, 0) is 57.7 Å². The van der Waals surface area contributed by atoms with Gasteiger partial charge in [-0.15, -0.1) is 11.6 Å². The highest BCUT2D eigenvalue weighted by atomic mass is 35.5. The van der Waals surface area contributed by atoms with Crippen LogP contribution in [0.2, 0.25) is 0 Å². The second-order valence-electron chi connectivity index (χ2n) is 9.42. The van der Waals surface area contributed by atoms with Gasteiger partial charge in [-0.25, -0.2) is 0 Å². The first kappa shape index (κ1) is 25.3. The predicted octanol–water partition coefficient (Wildman–Crippen LogP) is 3.35. The molecule has 4 N–H and O–H groups in total. The molecule has 1 atom stereocenters. The van der Waals surface area contributed by atoms with Crippen LogP contribution >= 0.6 is 11.6 Å². The largest absolute Gasteiger partial charge is 0.507 e. The van der Waals surface area contributed by atoms with Gasteiger partial charge in [0.15, 0.2) is 0 Å². The molecule has 188 valence electrons. The Morgan fingerprint density at radius 2 is 1.49 bits per heavy atom. The molecule has 1 heterocycles. The Morgan fingerprint density at radius 1 is 0.914 bits per heavy atom. The topological polar surface area (TPSA) is 105 Å². The average molecular weight is 501 g/mol. The minimum atomic E-state index is -0.489. The number of nitrogens with zero attached hydrogens (tertiary/aromatic N) is 2. The minimum Gasteiger partial charge on any atom is -0.507 e. The molecule has 2 aromatic rings. The zero-order valence-electron chi connectivity index (χ0n) is 20.2. The smallest absolute Gasteiger partial charge is 0.200 e. The number of carbonyl (C=O) groups is 2. The summed E-state index contributed by atoms with van der Waals surface area (Å²) in [6, 6.07) is 6.40. The van der Waals surface area contributed by atoms with Crippen LogP contribution in [0.25, 0.3) is 0 Å². The summed E-state index contributed by atoms with van der Waals surface area (Å²) in [6.07, 6.45) is 3.41. The fourth-order valence-corrected chi connectivity index (χ4v) is 5.29. The number of nitrogens with one attached hydrogen (secondary N) is 2. The van der Waals surface area contributed by atoms with Crippen LogP contribution in [-0.2, 0) is 0 Å². The molecule has 1 fully saturated rings. The van der Waals surface area contributed by atoms with E-state index in [1.54, 1.807) is 12.1 Å². The highest BCUT2D eigenvalue weighted by Gasteiger charge is 2.38. The molecule has 0 spiro atoms. The Balaban J connectivity index is 1.67. The van der Waals surface area contributed by atoms with Crippen LogP contribution in [-0.4, -0.2) is 90.3 Å². The van der Waals surface area contributed by atoms with E-state index in [1.807, 2.05) is 19.0 Å². The number of benzene rings is 2. The van der Waals surface area contributed by atoms with Crippen molar-refractivity contribution in [3.63, 3.8) is 0 Å². The van der Waals surface area contributed by atoms with Gasteiger partial charge >= 0.3 is 0 Å². The van der Waals surface area contributed by atoms with Crippen molar-refractivity contribution < 1.29 is 19.8 Å². The van der Waals surface area contributed by atoms with Crippen molar-refractivity contribution >= 4 is 34.5 Å². The van der Waals surface area contributed by atoms with E-state index in [2.05, 4.69) is 15.5 Å². The molecule has 0 radical (unpaired) electrons. The summed E-state index contributed by atoms with van der Waals surface area (Å²) in [5, 5.41) is 27.4. The van der Waals surface area contributed by atoms with Gasteiger partial charge in [0.25, 0.3) is 0 Å². The first-order chi connectivity index (χ1) is 16.8. The van der Waals surface area contributed by atoms with Crippen LogP contribution in [0.4, 0.5) is 11.4 Å². The second-order valence-corrected chi connectivity index (χ2v) is 9.73. The number of rotatable bonds is 9. The Labute approximate surface area is 210 Å². The molecular weight excluding hydrogens is 468 g/mol. The number of likely N-dealkylation sites (tertiary alicyclic amines) is 1. The molecule has 0 bridgehead atoms. The van der Waals surface area contributed by atoms with E-state index in [4.69, 9.17) is 11.6 Å². The third kappa shape index (κ3) is 5.10. The van der Waals surface area contributed by atoms with E-state index >= 15 is 0 Å². The minimum absolute atomic E-state index is 0.158. The molecule has 0 saturated carbocycles. The Kier molecular flexibility index (Phi) is 7.84. The van der Waals surface area contributed by atoms with E-state index in [-0.39, 0.29) is 33.8 Å². The van der Waals surface area contributed by atoms with Crippen LogP contribution in [0.5, 0.6) is 11.5 Å². The van der Waals surface area contributed by atoms with Crippen molar-refractivity contribution in [2.75, 3.05) is 63.3 Å². The summed E-state index contributed by atoms with van der Waals surface area (Å²) >= 11 is 6.16. The lowest BCUT2D eigenvalue weighted by atomic mass is 9.81. The summed E-state index contributed by atoms with van der Waals surface area (Å²) < 4.78 is 0. The van der Waals surface area contributed by atoms with E-state index in [9.17, 15) is 19.8 Å². The number of fused-ring (bicyclic) bond motifs is 2. The molecule has 2 aliphatic rings. The second kappa shape index (κ2) is 10.8. The third-order valence-electron chi connectivity index (χ3n) is 6.79. The lowest BCUT2D eigenvalue weighted by molar-refractivity contribution is 0.0975. The summed E-state index contributed by atoms with van der Waals surface area (Å²) in [6.45, 7) is 3.63. The number of likely N-dealkylation sites (N-methyl/N-ethyl adjacent to an activating group) is 1. The molecular formula is C26H33ClN4O4. The number of alkyl halides is 1. The molecule has 4 rings (SSSR count). The number of phenols is 2. The van der Waals surface area contributed by atoms with E-state index in [0.29, 0.717) is 36.4 Å². The molecule has 9 heteroatoms. The number of aromatic hydroxyl groups is 2. The van der Waals surface area contributed by atoms with Gasteiger partial charge in [0.2, 0.25) is 11.6 Å². The molecule has 1 saturated heterocycles. The monoisotopic (exact) mass is 500 g/mol. The van der Waals surface area contributed by atoms with Gasteiger partial charge in [0.05, 0.1) is 22.3 Å². The van der Waals surface area contributed by atoms with Crippen molar-refractivity contribution in [2.24, 2.45) is 0 Å². The zero-order chi connectivity index (χ0) is 25.1. The third-order valence-corrected chi connectivity index (χ3v) is 7.15. The molecule has 1 aliphatic heterocycles. The molecule has 8 nitrogen and oxygen atoms in total. The van der Waals surface area contributed by atoms with Gasteiger partial charge in [-0.1, -0.05) is 6.42 Å². The summed E-state index contributed by atoms with van der Waals surface area (Å²) in [4.78, 5) is 31.6. The van der Waals surface area contributed by atoms with Crippen LogP contribution in [0.3, 0.4) is 0 Å². The van der Waals surface area contributed by atoms with Gasteiger partial charge in [-0.2, -0.15) is 0 Å². The van der Waals surface area contributed by atoms with Gasteiger partial charge in [0, 0.05) is 49.5 Å². The Bertz CT molecular complexity index is 1120. The van der Waals surface area contributed by atoms with E-state index < -0.39 is 11.6 Å². The highest BCUT2D eigenvalue weighted by Crippen LogP contribution is 2.42. The molecule has 0 amide bonds. The van der Waals surface area contributed by atoms with Crippen molar-refractivity contribution in [3.05, 3.63) is 46.5 Å². The summed E-state index contributed by atoms with van der Waals surface area (Å²) in [5.74, 6) is -1.03. The number of ketones is 2. The first-order valence-corrected chi connectivity index (χ1v) is 12.6. The maximum absolute atomic E-state index is 13.6.